The molecule has 1 aliphatic rings. The summed E-state index contributed by atoms with van der Waals surface area (Å²) in [7, 11) is 0. The molecule has 0 bridgehead atoms. The number of aromatic nitrogens is 1. The second kappa shape index (κ2) is 9.88. The van der Waals surface area contributed by atoms with Gasteiger partial charge in [0.05, 0.1) is 30.2 Å². The van der Waals surface area contributed by atoms with Gasteiger partial charge in [-0.15, -0.1) is 5.53 Å². The molecule has 0 atom stereocenters. The Kier molecular flexibility index (Phi) is 6.34. The van der Waals surface area contributed by atoms with Crippen LogP contribution in [0.3, 0.4) is 0 Å². The van der Waals surface area contributed by atoms with Gasteiger partial charge >= 0.3 is 0 Å². The third-order valence-electron chi connectivity index (χ3n) is 5.46. The first kappa shape index (κ1) is 22.5. The molecular weight excluding hydrogens is 452 g/mol. The number of hydrogen-bond acceptors (Lipinski definition) is 6. The summed E-state index contributed by atoms with van der Waals surface area (Å²) in [5.41, 5.74) is 11.7. The van der Waals surface area contributed by atoms with Crippen molar-refractivity contribution in [3.63, 3.8) is 0 Å². The third kappa shape index (κ3) is 5.11. The standard InChI is InChI=1S/C26H21F2N5O2/c27-21-9-7-17(23-10-11-24-25(30-23)32-33-31-24)12-20(21)26(34)29-19-8-6-18(22(28)13-19)15-35-14-16-4-2-1-3-5-16/h1-13,31,33H,14-15H2,(H,29,34)(H,30,32). The number of amides is 1. The minimum Gasteiger partial charge on any atom is -0.372 e. The second-order valence-corrected chi connectivity index (χ2v) is 7.90. The van der Waals surface area contributed by atoms with Gasteiger partial charge < -0.3 is 15.5 Å². The smallest absolute Gasteiger partial charge is 0.258 e. The van der Waals surface area contributed by atoms with Gasteiger partial charge in [0.15, 0.2) is 5.82 Å². The molecule has 0 saturated carbocycles. The minimum atomic E-state index is -0.695. The summed E-state index contributed by atoms with van der Waals surface area (Å²) in [6.45, 7) is 0.440. The highest BCUT2D eigenvalue weighted by molar-refractivity contribution is 6.05. The number of nitrogens with one attached hydrogen (secondary N) is 4. The van der Waals surface area contributed by atoms with Crippen molar-refractivity contribution < 1.29 is 18.3 Å². The van der Waals surface area contributed by atoms with E-state index in [1.165, 1.54) is 24.3 Å². The summed E-state index contributed by atoms with van der Waals surface area (Å²) in [5.74, 6) is -1.33. The predicted octanol–water partition coefficient (Wildman–Crippen LogP) is 5.25. The van der Waals surface area contributed by atoms with Crippen LogP contribution >= 0.6 is 0 Å². The zero-order valence-corrected chi connectivity index (χ0v) is 18.4. The highest BCUT2D eigenvalue weighted by Gasteiger charge is 2.17. The average Bonchev–Trinajstić information content (AvgIpc) is 3.34. The molecule has 35 heavy (non-hydrogen) atoms. The number of hydrazine groups is 2. The molecule has 1 aliphatic heterocycles. The van der Waals surface area contributed by atoms with Crippen molar-refractivity contribution in [2.24, 2.45) is 0 Å². The summed E-state index contributed by atoms with van der Waals surface area (Å²) in [6, 6.07) is 21.6. The lowest BCUT2D eigenvalue weighted by molar-refractivity contribution is 0.102. The van der Waals surface area contributed by atoms with E-state index in [1.807, 2.05) is 36.4 Å². The van der Waals surface area contributed by atoms with E-state index in [1.54, 1.807) is 18.2 Å². The molecule has 7 nitrogen and oxygen atoms in total. The summed E-state index contributed by atoms with van der Waals surface area (Å²) in [5, 5.41) is 2.56. The number of anilines is 3. The van der Waals surface area contributed by atoms with Gasteiger partial charge in [-0.05, 0) is 48.0 Å². The van der Waals surface area contributed by atoms with Crippen LogP contribution in [0.15, 0.2) is 78.9 Å². The number of fused-ring (bicyclic) bond motifs is 1. The molecule has 0 unspecified atom stereocenters. The molecule has 176 valence electrons. The molecule has 3 aromatic carbocycles. The van der Waals surface area contributed by atoms with Crippen molar-refractivity contribution in [3.8, 4) is 11.3 Å². The Morgan fingerprint density at radius 1 is 0.886 bits per heavy atom. The fourth-order valence-electron chi connectivity index (χ4n) is 3.63. The van der Waals surface area contributed by atoms with E-state index < -0.39 is 17.5 Å². The van der Waals surface area contributed by atoms with Gasteiger partial charge in [0, 0.05) is 16.8 Å². The largest absolute Gasteiger partial charge is 0.372 e. The maximum Gasteiger partial charge on any atom is 0.258 e. The van der Waals surface area contributed by atoms with Crippen molar-refractivity contribution in [1.82, 2.24) is 10.5 Å². The first-order chi connectivity index (χ1) is 17.1. The number of carbonyl (C=O) groups is 1. The maximum atomic E-state index is 14.6. The molecule has 4 aromatic rings. The Hall–Kier alpha value is -4.34. The molecule has 5 rings (SSSR count). The molecule has 0 saturated heterocycles. The lowest BCUT2D eigenvalue weighted by Crippen LogP contribution is -2.19. The summed E-state index contributed by atoms with van der Waals surface area (Å²) in [4.78, 5) is 17.2. The number of halogens is 2. The molecule has 1 aromatic heterocycles. The fourth-order valence-corrected chi connectivity index (χ4v) is 3.63. The lowest BCUT2D eigenvalue weighted by Gasteiger charge is -2.11. The van der Waals surface area contributed by atoms with Gasteiger partial charge in [-0.2, -0.15) is 0 Å². The number of hydrogen-bond donors (Lipinski definition) is 4. The van der Waals surface area contributed by atoms with E-state index >= 15 is 0 Å². The lowest BCUT2D eigenvalue weighted by atomic mass is 10.1. The number of pyridine rings is 1. The molecule has 0 radical (unpaired) electrons. The maximum absolute atomic E-state index is 14.6. The van der Waals surface area contributed by atoms with Crippen molar-refractivity contribution in [2.45, 2.75) is 13.2 Å². The van der Waals surface area contributed by atoms with Gasteiger partial charge in [0.25, 0.3) is 5.91 Å². The van der Waals surface area contributed by atoms with Gasteiger partial charge in [-0.1, -0.05) is 36.4 Å². The third-order valence-corrected chi connectivity index (χ3v) is 5.46. The van der Waals surface area contributed by atoms with E-state index in [0.717, 1.165) is 11.3 Å². The van der Waals surface area contributed by atoms with Crippen LogP contribution in [0.25, 0.3) is 11.3 Å². The van der Waals surface area contributed by atoms with Crippen molar-refractivity contribution in [3.05, 3.63) is 107 Å². The van der Waals surface area contributed by atoms with Crippen LogP contribution in [0.5, 0.6) is 0 Å². The number of rotatable bonds is 7. The molecule has 9 heteroatoms. The van der Waals surface area contributed by atoms with Gasteiger partial charge in [-0.3, -0.25) is 10.2 Å². The molecular formula is C26H21F2N5O2. The first-order valence-electron chi connectivity index (χ1n) is 10.9. The van der Waals surface area contributed by atoms with E-state index in [0.29, 0.717) is 29.2 Å². The van der Waals surface area contributed by atoms with Crippen LogP contribution in [0, 0.1) is 11.6 Å². The number of carbonyl (C=O) groups excluding carboxylic acids is 1. The molecule has 2 heterocycles. The fraction of sp³-hybridized carbons (Fsp3) is 0.0769. The summed E-state index contributed by atoms with van der Waals surface area (Å²) >= 11 is 0. The number of benzene rings is 3. The number of ether oxygens (including phenoxy) is 1. The Morgan fingerprint density at radius 2 is 1.74 bits per heavy atom. The molecule has 0 spiro atoms. The Bertz CT molecular complexity index is 1380. The van der Waals surface area contributed by atoms with Crippen LogP contribution in [0.4, 0.5) is 26.0 Å². The van der Waals surface area contributed by atoms with Crippen LogP contribution < -0.4 is 21.7 Å². The van der Waals surface area contributed by atoms with Crippen LogP contribution in [-0.2, 0) is 18.0 Å². The van der Waals surface area contributed by atoms with Crippen LogP contribution in [0.1, 0.15) is 21.5 Å². The van der Waals surface area contributed by atoms with Gasteiger partial charge in [0.1, 0.15) is 11.6 Å². The van der Waals surface area contributed by atoms with E-state index in [4.69, 9.17) is 4.74 Å². The monoisotopic (exact) mass is 473 g/mol. The average molecular weight is 473 g/mol. The Morgan fingerprint density at radius 3 is 2.57 bits per heavy atom. The van der Waals surface area contributed by atoms with Crippen molar-refractivity contribution in [2.75, 3.05) is 16.2 Å². The van der Waals surface area contributed by atoms with E-state index in [2.05, 4.69) is 26.7 Å². The first-order valence-corrected chi connectivity index (χ1v) is 10.9. The highest BCUT2D eigenvalue weighted by atomic mass is 19.1. The van der Waals surface area contributed by atoms with E-state index in [-0.39, 0.29) is 17.9 Å². The van der Waals surface area contributed by atoms with E-state index in [9.17, 15) is 13.6 Å². The molecule has 4 N–H and O–H groups in total. The quantitative estimate of drug-likeness (QED) is 0.293. The summed E-state index contributed by atoms with van der Waals surface area (Å²) in [6.07, 6.45) is 0. The van der Waals surface area contributed by atoms with Gasteiger partial charge in [-0.25, -0.2) is 13.8 Å². The Balaban J connectivity index is 1.27. The van der Waals surface area contributed by atoms with Crippen molar-refractivity contribution >= 4 is 23.1 Å². The Labute approximate surface area is 200 Å². The van der Waals surface area contributed by atoms with Crippen molar-refractivity contribution in [1.29, 1.82) is 0 Å². The number of nitrogens with zero attached hydrogens (tertiary/aromatic N) is 1. The van der Waals surface area contributed by atoms with Crippen LogP contribution in [0.2, 0.25) is 0 Å². The SMILES string of the molecule is O=C(Nc1ccc(COCc2ccccc2)c(F)c1)c1cc(-c2ccc3c(n2)NNN3)ccc1F. The molecule has 1 amide bonds. The normalized spacial score (nSPS) is 11.9. The molecule has 0 fully saturated rings. The van der Waals surface area contributed by atoms with Crippen LogP contribution in [-0.4, -0.2) is 10.9 Å². The highest BCUT2D eigenvalue weighted by Crippen LogP contribution is 2.28. The topological polar surface area (TPSA) is 87.3 Å². The minimum absolute atomic E-state index is 0.0826. The zero-order chi connectivity index (χ0) is 24.2. The zero-order valence-electron chi connectivity index (χ0n) is 18.4. The van der Waals surface area contributed by atoms with Gasteiger partial charge in [0.2, 0.25) is 0 Å². The molecule has 0 aliphatic carbocycles. The summed E-state index contributed by atoms with van der Waals surface area (Å²) < 4.78 is 34.6. The predicted molar refractivity (Wildman–Crippen MR) is 129 cm³/mol. The second-order valence-electron chi connectivity index (χ2n) is 7.90.